The quantitative estimate of drug-likeness (QED) is 0.853. The fraction of sp³-hybridized carbons (Fsp3) is 0.667. The number of hydrogen-bond donors (Lipinski definition) is 1. The van der Waals surface area contributed by atoms with Crippen LogP contribution in [0.1, 0.15) is 50.0 Å². The summed E-state index contributed by atoms with van der Waals surface area (Å²) in [6.45, 7) is 0.878. The second-order valence-corrected chi connectivity index (χ2v) is 6.53. The average Bonchev–Trinajstić information content (AvgIpc) is 3.33. The van der Waals surface area contributed by atoms with Crippen molar-refractivity contribution >= 4 is 0 Å². The first kappa shape index (κ1) is 14.1. The number of ether oxygens (including phenoxy) is 1. The minimum Gasteiger partial charge on any atom is -0.383 e. The number of nitrogens with one attached hydrogen (secondary N) is 1. The first-order valence-corrected chi connectivity index (χ1v) is 8.16. The Labute approximate surface area is 122 Å². The van der Waals surface area contributed by atoms with Gasteiger partial charge in [-0.2, -0.15) is 0 Å². The topological polar surface area (TPSA) is 21.3 Å². The van der Waals surface area contributed by atoms with Gasteiger partial charge in [0.15, 0.2) is 0 Å². The third-order valence-corrected chi connectivity index (χ3v) is 4.99. The second-order valence-electron chi connectivity index (χ2n) is 6.53. The van der Waals surface area contributed by atoms with Crippen molar-refractivity contribution in [1.29, 1.82) is 0 Å². The smallest absolute Gasteiger partial charge is 0.0618 e. The van der Waals surface area contributed by atoms with Crippen LogP contribution in [-0.2, 0) is 4.74 Å². The molecule has 0 heterocycles. The van der Waals surface area contributed by atoms with Gasteiger partial charge in [-0.05, 0) is 55.9 Å². The van der Waals surface area contributed by atoms with E-state index in [1.807, 2.05) is 7.11 Å². The standard InChI is InChI=1S/C18H27NO/c1-20-13-18(16-7-8-16)19-17-11-9-15(10-12-17)14-5-3-2-4-6-14/h2-6,15-19H,7-13H2,1H3. The van der Waals surface area contributed by atoms with Gasteiger partial charge in [-0.1, -0.05) is 30.3 Å². The summed E-state index contributed by atoms with van der Waals surface area (Å²) in [6, 6.07) is 12.3. The van der Waals surface area contributed by atoms with Gasteiger partial charge in [-0.25, -0.2) is 0 Å². The van der Waals surface area contributed by atoms with Crippen LogP contribution in [0.2, 0.25) is 0 Å². The maximum absolute atomic E-state index is 5.37. The zero-order valence-corrected chi connectivity index (χ0v) is 12.6. The van der Waals surface area contributed by atoms with E-state index in [-0.39, 0.29) is 0 Å². The minimum absolute atomic E-state index is 0.596. The molecule has 2 heteroatoms. The third kappa shape index (κ3) is 3.62. The Morgan fingerprint density at radius 1 is 1.05 bits per heavy atom. The molecule has 0 aromatic heterocycles. The SMILES string of the molecule is COCC(NC1CCC(c2ccccc2)CC1)C1CC1. The van der Waals surface area contributed by atoms with E-state index in [1.165, 1.54) is 44.1 Å². The lowest BCUT2D eigenvalue weighted by atomic mass is 9.81. The Morgan fingerprint density at radius 2 is 1.75 bits per heavy atom. The molecule has 0 saturated heterocycles. The molecule has 0 radical (unpaired) electrons. The molecular weight excluding hydrogens is 246 g/mol. The zero-order valence-electron chi connectivity index (χ0n) is 12.6. The van der Waals surface area contributed by atoms with Crippen LogP contribution in [0.3, 0.4) is 0 Å². The molecule has 0 aliphatic heterocycles. The van der Waals surface area contributed by atoms with Gasteiger partial charge >= 0.3 is 0 Å². The summed E-state index contributed by atoms with van der Waals surface area (Å²) in [5, 5.41) is 3.87. The van der Waals surface area contributed by atoms with Gasteiger partial charge in [0.1, 0.15) is 0 Å². The maximum Gasteiger partial charge on any atom is 0.0618 e. The normalized spacial score (nSPS) is 28.2. The summed E-state index contributed by atoms with van der Waals surface area (Å²) in [4.78, 5) is 0. The van der Waals surface area contributed by atoms with Crippen LogP contribution in [0.5, 0.6) is 0 Å². The van der Waals surface area contributed by atoms with Crippen molar-refractivity contribution in [2.45, 2.75) is 56.5 Å². The third-order valence-electron chi connectivity index (χ3n) is 4.99. The molecule has 110 valence electrons. The molecule has 0 amide bonds. The molecule has 2 nitrogen and oxygen atoms in total. The van der Waals surface area contributed by atoms with Crippen molar-refractivity contribution < 1.29 is 4.74 Å². The number of methoxy groups -OCH3 is 1. The van der Waals surface area contributed by atoms with Gasteiger partial charge < -0.3 is 10.1 Å². The van der Waals surface area contributed by atoms with Crippen LogP contribution in [0.4, 0.5) is 0 Å². The van der Waals surface area contributed by atoms with Gasteiger partial charge in [0, 0.05) is 19.2 Å². The molecule has 20 heavy (non-hydrogen) atoms. The van der Waals surface area contributed by atoms with Gasteiger partial charge in [0.05, 0.1) is 6.61 Å². The Kier molecular flexibility index (Phi) is 4.74. The maximum atomic E-state index is 5.37. The summed E-state index contributed by atoms with van der Waals surface area (Å²) in [7, 11) is 1.82. The molecule has 1 N–H and O–H groups in total. The van der Waals surface area contributed by atoms with E-state index in [2.05, 4.69) is 35.6 Å². The van der Waals surface area contributed by atoms with E-state index < -0.39 is 0 Å². The van der Waals surface area contributed by atoms with Gasteiger partial charge in [-0.15, -0.1) is 0 Å². The van der Waals surface area contributed by atoms with Crippen LogP contribution in [0, 0.1) is 5.92 Å². The van der Waals surface area contributed by atoms with Gasteiger partial charge in [0.25, 0.3) is 0 Å². The molecule has 1 unspecified atom stereocenters. The molecular formula is C18H27NO. The minimum atomic E-state index is 0.596. The summed E-state index contributed by atoms with van der Waals surface area (Å²) >= 11 is 0. The Morgan fingerprint density at radius 3 is 2.35 bits per heavy atom. The van der Waals surface area contributed by atoms with Crippen LogP contribution in [0.25, 0.3) is 0 Å². The van der Waals surface area contributed by atoms with Gasteiger partial charge in [-0.3, -0.25) is 0 Å². The highest BCUT2D eigenvalue weighted by atomic mass is 16.5. The number of hydrogen-bond acceptors (Lipinski definition) is 2. The van der Waals surface area contributed by atoms with Crippen molar-refractivity contribution in [3.63, 3.8) is 0 Å². The predicted octanol–water partition coefficient (Wildman–Crippen LogP) is 3.73. The molecule has 1 atom stereocenters. The van der Waals surface area contributed by atoms with Crippen molar-refractivity contribution in [3.8, 4) is 0 Å². The summed E-state index contributed by atoms with van der Waals surface area (Å²) in [6.07, 6.45) is 8.05. The molecule has 2 saturated carbocycles. The summed E-state index contributed by atoms with van der Waals surface area (Å²) in [5.74, 6) is 1.65. The summed E-state index contributed by atoms with van der Waals surface area (Å²) < 4.78 is 5.37. The van der Waals surface area contributed by atoms with Crippen LogP contribution < -0.4 is 5.32 Å². The predicted molar refractivity (Wildman–Crippen MR) is 83.0 cm³/mol. The highest BCUT2D eigenvalue weighted by Crippen LogP contribution is 2.36. The molecule has 3 rings (SSSR count). The molecule has 1 aromatic rings. The average molecular weight is 273 g/mol. The molecule has 2 aliphatic carbocycles. The van der Waals surface area contributed by atoms with E-state index in [4.69, 9.17) is 4.74 Å². The molecule has 2 aliphatic rings. The second kappa shape index (κ2) is 6.73. The van der Waals surface area contributed by atoms with Crippen LogP contribution in [-0.4, -0.2) is 25.8 Å². The van der Waals surface area contributed by atoms with E-state index >= 15 is 0 Å². The zero-order chi connectivity index (χ0) is 13.8. The largest absolute Gasteiger partial charge is 0.383 e. The first-order valence-electron chi connectivity index (χ1n) is 8.16. The van der Waals surface area contributed by atoms with E-state index in [0.29, 0.717) is 12.1 Å². The molecule has 0 bridgehead atoms. The highest BCUT2D eigenvalue weighted by Gasteiger charge is 2.33. The lowest BCUT2D eigenvalue weighted by Crippen LogP contribution is -2.43. The first-order chi connectivity index (χ1) is 9.86. The van der Waals surface area contributed by atoms with Crippen molar-refractivity contribution in [3.05, 3.63) is 35.9 Å². The summed E-state index contributed by atoms with van der Waals surface area (Å²) in [5.41, 5.74) is 1.53. The molecule has 1 aromatic carbocycles. The number of rotatable bonds is 6. The molecule has 0 spiro atoms. The Balaban J connectivity index is 1.48. The fourth-order valence-electron chi connectivity index (χ4n) is 3.62. The Bertz CT molecular complexity index is 393. The lowest BCUT2D eigenvalue weighted by molar-refractivity contribution is 0.145. The van der Waals surface area contributed by atoms with Crippen molar-refractivity contribution in [1.82, 2.24) is 5.32 Å². The lowest BCUT2D eigenvalue weighted by Gasteiger charge is -2.32. The van der Waals surface area contributed by atoms with Crippen LogP contribution in [0.15, 0.2) is 30.3 Å². The van der Waals surface area contributed by atoms with E-state index in [9.17, 15) is 0 Å². The molecule has 2 fully saturated rings. The highest BCUT2D eigenvalue weighted by molar-refractivity contribution is 5.20. The van der Waals surface area contributed by atoms with E-state index in [0.717, 1.165) is 18.4 Å². The monoisotopic (exact) mass is 273 g/mol. The van der Waals surface area contributed by atoms with Crippen LogP contribution >= 0.6 is 0 Å². The van der Waals surface area contributed by atoms with Crippen molar-refractivity contribution in [2.24, 2.45) is 5.92 Å². The number of benzene rings is 1. The van der Waals surface area contributed by atoms with E-state index in [1.54, 1.807) is 0 Å². The Hall–Kier alpha value is -0.860. The van der Waals surface area contributed by atoms with Gasteiger partial charge in [0.2, 0.25) is 0 Å². The van der Waals surface area contributed by atoms with Crippen molar-refractivity contribution in [2.75, 3.05) is 13.7 Å². The fourth-order valence-corrected chi connectivity index (χ4v) is 3.62.